The molecule has 0 aliphatic carbocycles. The van der Waals surface area contributed by atoms with Gasteiger partial charge in [0, 0.05) is 38.6 Å². The lowest BCUT2D eigenvalue weighted by molar-refractivity contribution is 0.0835. The third kappa shape index (κ3) is 3.63. The van der Waals surface area contributed by atoms with E-state index in [2.05, 4.69) is 10.1 Å². The molecule has 0 saturated carbocycles. The molecule has 0 atom stereocenters. The summed E-state index contributed by atoms with van der Waals surface area (Å²) in [6.07, 6.45) is 2.36. The minimum absolute atomic E-state index is 0.152. The van der Waals surface area contributed by atoms with Gasteiger partial charge in [-0.2, -0.15) is 9.40 Å². The summed E-state index contributed by atoms with van der Waals surface area (Å²) in [4.78, 5) is 4.83. The molecule has 27 heavy (non-hydrogen) atoms. The molecule has 1 fully saturated rings. The Morgan fingerprint density at radius 2 is 1.96 bits per heavy atom. The fourth-order valence-electron chi connectivity index (χ4n) is 3.71. The van der Waals surface area contributed by atoms with Gasteiger partial charge in [-0.05, 0) is 43.5 Å². The van der Waals surface area contributed by atoms with E-state index >= 15 is 0 Å². The zero-order chi connectivity index (χ0) is 19.0. The number of benzene rings is 1. The molecule has 2 aromatic rings. The second-order valence-corrected chi connectivity index (χ2v) is 8.97. The van der Waals surface area contributed by atoms with Crippen molar-refractivity contribution in [3.8, 4) is 0 Å². The van der Waals surface area contributed by atoms with E-state index in [1.54, 1.807) is 6.92 Å². The molecule has 2 aliphatic rings. The van der Waals surface area contributed by atoms with Crippen LogP contribution in [0.5, 0.6) is 0 Å². The van der Waals surface area contributed by atoms with Crippen LogP contribution < -0.4 is 0 Å². The summed E-state index contributed by atoms with van der Waals surface area (Å²) >= 11 is 0. The first kappa shape index (κ1) is 18.5. The van der Waals surface area contributed by atoms with Crippen molar-refractivity contribution < 1.29 is 17.5 Å². The number of fused-ring (bicyclic) bond motifs is 1. The number of aryl methyl sites for hydroxylation is 1. The van der Waals surface area contributed by atoms with Crippen molar-refractivity contribution in [2.75, 3.05) is 26.3 Å². The highest BCUT2D eigenvalue weighted by atomic mass is 32.2. The van der Waals surface area contributed by atoms with Crippen LogP contribution in [0.15, 0.2) is 23.1 Å². The standard InChI is InChI=1S/C18H23FN4O3S/c1-13-12-15(19)2-3-16(13)27(24,25)22-7-4-17-20-18(21-23(17)9-8-22)14-5-10-26-11-6-14/h2-3,12,14H,4-11H2,1H3. The molecule has 3 heterocycles. The zero-order valence-corrected chi connectivity index (χ0v) is 16.1. The second kappa shape index (κ2) is 7.29. The summed E-state index contributed by atoms with van der Waals surface area (Å²) in [5.41, 5.74) is 0.414. The average Bonchev–Trinajstić information content (AvgIpc) is 2.94. The summed E-state index contributed by atoms with van der Waals surface area (Å²) in [6.45, 7) is 4.20. The van der Waals surface area contributed by atoms with E-state index in [-0.39, 0.29) is 4.90 Å². The lowest BCUT2D eigenvalue weighted by Crippen LogP contribution is -2.34. The molecule has 146 valence electrons. The van der Waals surface area contributed by atoms with E-state index in [1.165, 1.54) is 22.5 Å². The van der Waals surface area contributed by atoms with Gasteiger partial charge in [-0.15, -0.1) is 0 Å². The van der Waals surface area contributed by atoms with Crippen LogP contribution in [0.3, 0.4) is 0 Å². The van der Waals surface area contributed by atoms with Crippen LogP contribution in [0.2, 0.25) is 0 Å². The Hall–Kier alpha value is -1.84. The van der Waals surface area contributed by atoms with Crippen LogP contribution in [0.4, 0.5) is 4.39 Å². The van der Waals surface area contributed by atoms with Crippen LogP contribution in [-0.4, -0.2) is 53.8 Å². The normalized spacial score (nSPS) is 19.6. The number of nitrogens with zero attached hydrogens (tertiary/aromatic N) is 4. The highest BCUT2D eigenvalue weighted by Gasteiger charge is 2.30. The van der Waals surface area contributed by atoms with E-state index in [0.29, 0.717) is 37.5 Å². The Morgan fingerprint density at radius 3 is 2.70 bits per heavy atom. The molecule has 0 radical (unpaired) electrons. The van der Waals surface area contributed by atoms with Crippen molar-refractivity contribution in [3.63, 3.8) is 0 Å². The fraction of sp³-hybridized carbons (Fsp3) is 0.556. The molecule has 2 aliphatic heterocycles. The molecule has 0 N–H and O–H groups in total. The Kier molecular flexibility index (Phi) is 5.00. The Balaban J connectivity index is 1.52. The number of aromatic nitrogens is 3. The lowest BCUT2D eigenvalue weighted by Gasteiger charge is -2.21. The molecule has 9 heteroatoms. The van der Waals surface area contributed by atoms with Crippen LogP contribution in [-0.2, 0) is 27.7 Å². The van der Waals surface area contributed by atoms with Gasteiger partial charge in [0.05, 0.1) is 11.4 Å². The third-order valence-electron chi connectivity index (χ3n) is 5.25. The summed E-state index contributed by atoms with van der Waals surface area (Å²) in [7, 11) is -3.68. The predicted molar refractivity (Wildman–Crippen MR) is 96.4 cm³/mol. The van der Waals surface area contributed by atoms with Gasteiger partial charge in [0.2, 0.25) is 10.0 Å². The van der Waals surface area contributed by atoms with Crippen LogP contribution in [0, 0.1) is 12.7 Å². The molecule has 4 rings (SSSR count). The first-order chi connectivity index (χ1) is 12.9. The summed E-state index contributed by atoms with van der Waals surface area (Å²) in [5.74, 6) is 1.55. The van der Waals surface area contributed by atoms with Gasteiger partial charge < -0.3 is 4.74 Å². The minimum atomic E-state index is -3.68. The molecule has 7 nitrogen and oxygen atoms in total. The largest absolute Gasteiger partial charge is 0.381 e. The van der Waals surface area contributed by atoms with Crippen molar-refractivity contribution in [1.82, 2.24) is 19.1 Å². The molecule has 0 bridgehead atoms. The number of sulfonamides is 1. The fourth-order valence-corrected chi connectivity index (χ4v) is 5.35. The van der Waals surface area contributed by atoms with E-state index in [9.17, 15) is 12.8 Å². The highest BCUT2D eigenvalue weighted by Crippen LogP contribution is 2.26. The van der Waals surface area contributed by atoms with Crippen LogP contribution >= 0.6 is 0 Å². The lowest BCUT2D eigenvalue weighted by atomic mass is 10.00. The predicted octanol–water partition coefficient (Wildman–Crippen LogP) is 1.87. The van der Waals surface area contributed by atoms with Crippen molar-refractivity contribution in [1.29, 1.82) is 0 Å². The highest BCUT2D eigenvalue weighted by molar-refractivity contribution is 7.89. The second-order valence-electron chi connectivity index (χ2n) is 7.06. The summed E-state index contributed by atoms with van der Waals surface area (Å²) in [5, 5.41) is 4.63. The van der Waals surface area contributed by atoms with Gasteiger partial charge in [0.25, 0.3) is 0 Å². The van der Waals surface area contributed by atoms with Crippen molar-refractivity contribution in [2.45, 2.75) is 43.5 Å². The van der Waals surface area contributed by atoms with Gasteiger partial charge in [0.15, 0.2) is 5.82 Å². The average molecular weight is 394 g/mol. The quantitative estimate of drug-likeness (QED) is 0.794. The van der Waals surface area contributed by atoms with E-state index < -0.39 is 15.8 Å². The van der Waals surface area contributed by atoms with E-state index in [0.717, 1.165) is 37.7 Å². The van der Waals surface area contributed by atoms with Gasteiger partial charge in [-0.3, -0.25) is 0 Å². The molecule has 1 saturated heterocycles. The van der Waals surface area contributed by atoms with Gasteiger partial charge in [0.1, 0.15) is 11.6 Å². The zero-order valence-electron chi connectivity index (χ0n) is 15.3. The van der Waals surface area contributed by atoms with Crippen molar-refractivity contribution in [3.05, 3.63) is 41.2 Å². The Morgan fingerprint density at radius 1 is 1.19 bits per heavy atom. The minimum Gasteiger partial charge on any atom is -0.381 e. The smallest absolute Gasteiger partial charge is 0.243 e. The van der Waals surface area contributed by atoms with Crippen molar-refractivity contribution >= 4 is 10.0 Å². The van der Waals surface area contributed by atoms with Crippen molar-refractivity contribution in [2.24, 2.45) is 0 Å². The number of halogens is 1. The molecule has 0 spiro atoms. The summed E-state index contributed by atoms with van der Waals surface area (Å²) < 4.78 is 48.0. The number of hydrogen-bond acceptors (Lipinski definition) is 5. The first-order valence-corrected chi connectivity index (χ1v) is 10.7. The van der Waals surface area contributed by atoms with Gasteiger partial charge in [-0.1, -0.05) is 0 Å². The number of hydrogen-bond donors (Lipinski definition) is 0. The first-order valence-electron chi connectivity index (χ1n) is 9.23. The van der Waals surface area contributed by atoms with E-state index in [1.807, 2.05) is 4.68 Å². The monoisotopic (exact) mass is 394 g/mol. The topological polar surface area (TPSA) is 77.3 Å². The maximum Gasteiger partial charge on any atom is 0.243 e. The Bertz CT molecular complexity index is 913. The maximum atomic E-state index is 13.3. The number of ether oxygens (including phenoxy) is 1. The molecular formula is C18H23FN4O3S. The molecule has 1 aromatic carbocycles. The molecule has 0 unspecified atom stereocenters. The molecular weight excluding hydrogens is 371 g/mol. The molecule has 1 aromatic heterocycles. The van der Waals surface area contributed by atoms with Crippen LogP contribution in [0.25, 0.3) is 0 Å². The van der Waals surface area contributed by atoms with Gasteiger partial charge >= 0.3 is 0 Å². The van der Waals surface area contributed by atoms with Crippen LogP contribution in [0.1, 0.15) is 36.0 Å². The van der Waals surface area contributed by atoms with Gasteiger partial charge in [-0.25, -0.2) is 22.5 Å². The van der Waals surface area contributed by atoms with E-state index in [4.69, 9.17) is 4.74 Å². The molecule has 0 amide bonds. The maximum absolute atomic E-state index is 13.3. The summed E-state index contributed by atoms with van der Waals surface area (Å²) in [6, 6.07) is 3.77. The SMILES string of the molecule is Cc1cc(F)ccc1S(=O)(=O)N1CCc2nc(C3CCOCC3)nn2CC1. The third-order valence-corrected chi connectivity index (χ3v) is 7.31. The number of rotatable bonds is 3. The Labute approximate surface area is 158 Å².